The average Bonchev–Trinajstić information content (AvgIpc) is 2.86. The molecule has 1 aromatic carbocycles. The summed E-state index contributed by atoms with van der Waals surface area (Å²) in [6.45, 7) is 0. The van der Waals surface area contributed by atoms with Crippen LogP contribution in [0.25, 0.3) is 0 Å². The van der Waals surface area contributed by atoms with Gasteiger partial charge in [-0.1, -0.05) is 18.2 Å². The summed E-state index contributed by atoms with van der Waals surface area (Å²) in [6.07, 6.45) is 2.86. The number of nitrogens with one attached hydrogen (secondary N) is 1. The first-order valence-corrected chi connectivity index (χ1v) is 7.12. The van der Waals surface area contributed by atoms with E-state index in [0.717, 1.165) is 24.8 Å². The Kier molecular flexibility index (Phi) is 2.96. The quantitative estimate of drug-likeness (QED) is 0.872. The van der Waals surface area contributed by atoms with E-state index in [0.29, 0.717) is 0 Å². The molecule has 1 aromatic heterocycles. The highest BCUT2D eigenvalue weighted by molar-refractivity contribution is 7.10. The fourth-order valence-electron chi connectivity index (χ4n) is 2.91. The molecular formula is C15H16FNS. The van der Waals surface area contributed by atoms with Crippen LogP contribution in [0, 0.1) is 5.82 Å². The minimum Gasteiger partial charge on any atom is -0.310 e. The summed E-state index contributed by atoms with van der Waals surface area (Å²) < 4.78 is 14.1. The van der Waals surface area contributed by atoms with Gasteiger partial charge in [0.2, 0.25) is 0 Å². The van der Waals surface area contributed by atoms with Crippen molar-refractivity contribution in [2.75, 3.05) is 7.05 Å². The zero-order valence-electron chi connectivity index (χ0n) is 10.4. The summed E-state index contributed by atoms with van der Waals surface area (Å²) in [5.41, 5.74) is 1.91. The minimum absolute atomic E-state index is 0.106. The molecule has 0 radical (unpaired) electrons. The lowest BCUT2D eigenvalue weighted by Gasteiger charge is -2.37. The normalized spacial score (nSPS) is 22.8. The maximum Gasteiger partial charge on any atom is 0.128 e. The summed E-state index contributed by atoms with van der Waals surface area (Å²) in [6, 6.07) is 9.30. The number of benzene rings is 1. The lowest BCUT2D eigenvalue weighted by molar-refractivity contribution is 0.305. The fourth-order valence-corrected chi connectivity index (χ4v) is 3.82. The maximum atomic E-state index is 14.1. The van der Waals surface area contributed by atoms with Crippen LogP contribution >= 0.6 is 11.3 Å². The average molecular weight is 261 g/mol. The monoisotopic (exact) mass is 261 g/mol. The molecule has 2 aromatic rings. The molecule has 0 amide bonds. The molecule has 1 aliphatic rings. The van der Waals surface area contributed by atoms with Crippen molar-refractivity contribution in [2.24, 2.45) is 0 Å². The molecule has 18 heavy (non-hydrogen) atoms. The SMILES string of the molecule is CNC1(c2ccccc2F)CCc2sccc2C1. The van der Waals surface area contributed by atoms with Crippen molar-refractivity contribution in [1.82, 2.24) is 5.32 Å². The fraction of sp³-hybridized carbons (Fsp3) is 0.333. The molecule has 94 valence electrons. The summed E-state index contributed by atoms with van der Waals surface area (Å²) in [5.74, 6) is -0.106. The Morgan fingerprint density at radius 3 is 2.89 bits per heavy atom. The third-order valence-electron chi connectivity index (χ3n) is 3.98. The Labute approximate surface area is 111 Å². The van der Waals surface area contributed by atoms with Crippen LogP contribution in [0.15, 0.2) is 35.7 Å². The van der Waals surface area contributed by atoms with Crippen molar-refractivity contribution in [3.05, 3.63) is 57.5 Å². The van der Waals surface area contributed by atoms with Crippen molar-refractivity contribution in [1.29, 1.82) is 0 Å². The highest BCUT2D eigenvalue weighted by Crippen LogP contribution is 2.39. The number of halogens is 1. The van der Waals surface area contributed by atoms with Gasteiger partial charge in [0, 0.05) is 10.4 Å². The topological polar surface area (TPSA) is 12.0 Å². The lowest BCUT2D eigenvalue weighted by atomic mass is 9.76. The lowest BCUT2D eigenvalue weighted by Crippen LogP contribution is -2.45. The molecule has 0 saturated carbocycles. The predicted molar refractivity (Wildman–Crippen MR) is 73.5 cm³/mol. The van der Waals surface area contributed by atoms with Crippen LogP contribution in [0.5, 0.6) is 0 Å². The highest BCUT2D eigenvalue weighted by atomic mass is 32.1. The number of aryl methyl sites for hydroxylation is 1. The summed E-state index contributed by atoms with van der Waals surface area (Å²) in [4.78, 5) is 1.46. The molecule has 1 atom stereocenters. The molecule has 3 heteroatoms. The molecule has 1 heterocycles. The van der Waals surface area contributed by atoms with E-state index in [1.807, 2.05) is 30.5 Å². The zero-order valence-corrected chi connectivity index (χ0v) is 11.2. The van der Waals surface area contributed by atoms with Gasteiger partial charge in [0.25, 0.3) is 0 Å². The summed E-state index contributed by atoms with van der Waals surface area (Å²) in [5, 5.41) is 5.51. The number of hydrogen-bond acceptors (Lipinski definition) is 2. The van der Waals surface area contributed by atoms with Crippen LogP contribution in [-0.4, -0.2) is 7.05 Å². The number of rotatable bonds is 2. The first-order chi connectivity index (χ1) is 8.75. The van der Waals surface area contributed by atoms with Crippen LogP contribution in [0.1, 0.15) is 22.4 Å². The smallest absolute Gasteiger partial charge is 0.128 e. The van der Waals surface area contributed by atoms with Gasteiger partial charge in [0.15, 0.2) is 0 Å². The van der Waals surface area contributed by atoms with Crippen molar-refractivity contribution < 1.29 is 4.39 Å². The Hall–Kier alpha value is -1.19. The highest BCUT2D eigenvalue weighted by Gasteiger charge is 2.36. The number of fused-ring (bicyclic) bond motifs is 1. The van der Waals surface area contributed by atoms with Crippen LogP contribution in [0.3, 0.4) is 0 Å². The molecule has 0 fully saturated rings. The minimum atomic E-state index is -0.251. The van der Waals surface area contributed by atoms with Crippen LogP contribution in [0.2, 0.25) is 0 Å². The van der Waals surface area contributed by atoms with Crippen LogP contribution in [-0.2, 0) is 18.4 Å². The largest absolute Gasteiger partial charge is 0.310 e. The second kappa shape index (κ2) is 4.48. The summed E-state index contributed by atoms with van der Waals surface area (Å²) in [7, 11) is 1.93. The van der Waals surface area contributed by atoms with Gasteiger partial charge in [0.1, 0.15) is 5.82 Å². The number of thiophene rings is 1. The van der Waals surface area contributed by atoms with Gasteiger partial charge in [0.05, 0.1) is 5.54 Å². The van der Waals surface area contributed by atoms with Gasteiger partial charge < -0.3 is 5.32 Å². The van der Waals surface area contributed by atoms with E-state index in [4.69, 9.17) is 0 Å². The number of likely N-dealkylation sites (N-methyl/N-ethyl adjacent to an activating group) is 1. The third kappa shape index (κ3) is 1.78. The summed E-state index contributed by atoms with van der Waals surface area (Å²) >= 11 is 1.81. The van der Waals surface area contributed by atoms with Crippen LogP contribution < -0.4 is 5.32 Å². The number of hydrogen-bond donors (Lipinski definition) is 1. The van der Waals surface area contributed by atoms with Gasteiger partial charge in [-0.2, -0.15) is 0 Å². The van der Waals surface area contributed by atoms with Crippen molar-refractivity contribution >= 4 is 11.3 Å². The molecule has 3 rings (SSSR count). The van der Waals surface area contributed by atoms with E-state index in [2.05, 4.69) is 16.8 Å². The van der Waals surface area contributed by atoms with E-state index in [1.165, 1.54) is 10.4 Å². The van der Waals surface area contributed by atoms with Gasteiger partial charge in [-0.05, 0) is 49.4 Å². The van der Waals surface area contributed by atoms with E-state index >= 15 is 0 Å². The molecule has 1 unspecified atom stereocenters. The maximum absolute atomic E-state index is 14.1. The molecule has 0 aliphatic heterocycles. The van der Waals surface area contributed by atoms with Gasteiger partial charge in [-0.25, -0.2) is 4.39 Å². The second-order valence-electron chi connectivity index (χ2n) is 4.86. The standard InChI is InChI=1S/C15H16FNS/c1-17-15(12-4-2-3-5-13(12)16)8-6-14-11(10-15)7-9-18-14/h2-5,7,9,17H,6,8,10H2,1H3. The Balaban J connectivity index is 2.05. The van der Waals surface area contributed by atoms with Crippen molar-refractivity contribution in [2.45, 2.75) is 24.8 Å². The Morgan fingerprint density at radius 2 is 2.11 bits per heavy atom. The molecule has 0 spiro atoms. The molecule has 1 nitrogen and oxygen atoms in total. The molecule has 0 bridgehead atoms. The van der Waals surface area contributed by atoms with E-state index in [1.54, 1.807) is 12.1 Å². The van der Waals surface area contributed by atoms with Gasteiger partial charge in [-0.15, -0.1) is 11.3 Å². The first kappa shape index (κ1) is 11.9. The molecular weight excluding hydrogens is 245 g/mol. The zero-order chi connectivity index (χ0) is 12.6. The van der Waals surface area contributed by atoms with Gasteiger partial charge >= 0.3 is 0 Å². The molecule has 1 N–H and O–H groups in total. The van der Waals surface area contributed by atoms with Crippen molar-refractivity contribution in [3.63, 3.8) is 0 Å². The molecule has 0 saturated heterocycles. The first-order valence-electron chi connectivity index (χ1n) is 6.24. The third-order valence-corrected chi connectivity index (χ3v) is 5.00. The van der Waals surface area contributed by atoms with E-state index < -0.39 is 0 Å². The van der Waals surface area contributed by atoms with Crippen molar-refractivity contribution in [3.8, 4) is 0 Å². The van der Waals surface area contributed by atoms with E-state index in [9.17, 15) is 4.39 Å². The molecule has 1 aliphatic carbocycles. The van der Waals surface area contributed by atoms with Gasteiger partial charge in [-0.3, -0.25) is 0 Å². The van der Waals surface area contributed by atoms with E-state index in [-0.39, 0.29) is 11.4 Å². The second-order valence-corrected chi connectivity index (χ2v) is 5.86. The predicted octanol–water partition coefficient (Wildman–Crippen LogP) is 3.49. The van der Waals surface area contributed by atoms with Crippen LogP contribution in [0.4, 0.5) is 4.39 Å². The Morgan fingerprint density at radius 1 is 1.28 bits per heavy atom. The Bertz CT molecular complexity index is 563.